The molecule has 0 saturated heterocycles. The molecule has 4 nitrogen and oxygen atoms in total. The Kier molecular flexibility index (Phi) is 4.23. The molecule has 0 radical (unpaired) electrons. The van der Waals surface area contributed by atoms with Crippen molar-refractivity contribution < 1.29 is 4.74 Å². The molecule has 0 bridgehead atoms. The number of nitrogens with zero attached hydrogens (tertiary/aromatic N) is 2. The summed E-state index contributed by atoms with van der Waals surface area (Å²) in [5.74, 6) is 0. The van der Waals surface area contributed by atoms with Gasteiger partial charge >= 0.3 is 0 Å². The van der Waals surface area contributed by atoms with Crippen LogP contribution in [-0.4, -0.2) is 25.2 Å². The molecule has 70 valence electrons. The van der Waals surface area contributed by atoms with Crippen molar-refractivity contribution in [1.82, 2.24) is 4.98 Å². The molecule has 13 heavy (non-hydrogen) atoms. The monoisotopic (exact) mass is 197 g/mol. The highest BCUT2D eigenvalue weighted by Crippen LogP contribution is 2.16. The molecule has 0 aliphatic heterocycles. The Morgan fingerprint density at radius 1 is 1.77 bits per heavy atom. The average Bonchev–Trinajstić information content (AvgIpc) is 2.60. The lowest BCUT2D eigenvalue weighted by atomic mass is 10.4. The van der Waals surface area contributed by atoms with Gasteiger partial charge < -0.3 is 10.1 Å². The maximum absolute atomic E-state index is 8.53. The number of methoxy groups -OCH3 is 1. The highest BCUT2D eigenvalue weighted by molar-refractivity contribution is 7.16. The summed E-state index contributed by atoms with van der Waals surface area (Å²) in [5, 5.41) is 12.4. The maximum atomic E-state index is 8.53. The third kappa shape index (κ3) is 3.40. The summed E-state index contributed by atoms with van der Waals surface area (Å²) in [7, 11) is 1.68. The summed E-state index contributed by atoms with van der Waals surface area (Å²) in [6.07, 6.45) is 2.52. The van der Waals surface area contributed by atoms with Gasteiger partial charge in [-0.25, -0.2) is 4.98 Å². The predicted molar refractivity (Wildman–Crippen MR) is 51.8 cm³/mol. The molecule has 0 spiro atoms. The first-order chi connectivity index (χ1) is 6.36. The summed E-state index contributed by atoms with van der Waals surface area (Å²) in [5.41, 5.74) is 0. The molecule has 1 aromatic rings. The fraction of sp³-hybridized carbons (Fsp3) is 0.500. The van der Waals surface area contributed by atoms with Crippen molar-refractivity contribution in [2.45, 2.75) is 6.42 Å². The van der Waals surface area contributed by atoms with Crippen LogP contribution in [0.4, 0.5) is 5.13 Å². The second-order valence-electron chi connectivity index (χ2n) is 2.41. The van der Waals surface area contributed by atoms with Crippen molar-refractivity contribution in [3.8, 4) is 6.07 Å². The summed E-state index contributed by atoms with van der Waals surface area (Å²) < 4.78 is 4.90. The van der Waals surface area contributed by atoms with Crippen molar-refractivity contribution in [1.29, 1.82) is 5.26 Å². The first-order valence-electron chi connectivity index (χ1n) is 3.95. The third-order valence-electron chi connectivity index (χ3n) is 1.42. The Morgan fingerprint density at radius 3 is 3.23 bits per heavy atom. The van der Waals surface area contributed by atoms with Gasteiger partial charge in [-0.15, -0.1) is 0 Å². The van der Waals surface area contributed by atoms with E-state index in [0.717, 1.165) is 24.7 Å². The van der Waals surface area contributed by atoms with Crippen LogP contribution in [0.15, 0.2) is 6.20 Å². The van der Waals surface area contributed by atoms with E-state index in [2.05, 4.69) is 10.3 Å². The molecule has 0 aromatic carbocycles. The predicted octanol–water partition coefficient (Wildman–Crippen LogP) is 1.46. The molecule has 1 aromatic heterocycles. The van der Waals surface area contributed by atoms with E-state index < -0.39 is 0 Å². The third-order valence-corrected chi connectivity index (χ3v) is 2.28. The maximum Gasteiger partial charge on any atom is 0.183 e. The number of thiazole rings is 1. The molecule has 0 aliphatic rings. The minimum absolute atomic E-state index is 0.634. The van der Waals surface area contributed by atoms with Gasteiger partial charge in [-0.3, -0.25) is 0 Å². The molecule has 0 aliphatic carbocycles. The topological polar surface area (TPSA) is 57.9 Å². The van der Waals surface area contributed by atoms with Gasteiger partial charge in [0.15, 0.2) is 5.13 Å². The molecule has 1 heterocycles. The number of rotatable bonds is 5. The molecule has 0 fully saturated rings. The normalized spacial score (nSPS) is 9.54. The van der Waals surface area contributed by atoms with E-state index in [4.69, 9.17) is 10.00 Å². The van der Waals surface area contributed by atoms with E-state index in [0.29, 0.717) is 4.88 Å². The molecule has 5 heteroatoms. The molecular weight excluding hydrogens is 186 g/mol. The molecule has 1 N–H and O–H groups in total. The lowest BCUT2D eigenvalue weighted by Crippen LogP contribution is -2.03. The van der Waals surface area contributed by atoms with E-state index in [1.54, 1.807) is 13.3 Å². The Bertz CT molecular complexity index is 292. The van der Waals surface area contributed by atoms with Crippen LogP contribution in [0.5, 0.6) is 0 Å². The van der Waals surface area contributed by atoms with Crippen molar-refractivity contribution in [3.63, 3.8) is 0 Å². The minimum Gasteiger partial charge on any atom is -0.385 e. The largest absolute Gasteiger partial charge is 0.385 e. The van der Waals surface area contributed by atoms with Crippen LogP contribution in [0.1, 0.15) is 11.3 Å². The standard InChI is InChI=1S/C8H11N3OS/c1-12-4-2-3-10-8-11-6-7(5-9)13-8/h6H,2-4H2,1H3,(H,10,11). The molecule has 0 amide bonds. The van der Waals surface area contributed by atoms with Crippen LogP contribution in [0, 0.1) is 11.3 Å². The van der Waals surface area contributed by atoms with Gasteiger partial charge in [0.1, 0.15) is 10.9 Å². The molecule has 0 saturated carbocycles. The zero-order valence-corrected chi connectivity index (χ0v) is 8.23. The molecule has 1 rings (SSSR count). The van der Waals surface area contributed by atoms with Crippen molar-refractivity contribution >= 4 is 16.5 Å². The number of hydrogen-bond acceptors (Lipinski definition) is 5. The molecule has 0 unspecified atom stereocenters. The zero-order valence-electron chi connectivity index (χ0n) is 7.41. The van der Waals surface area contributed by atoms with Crippen LogP contribution in [0.3, 0.4) is 0 Å². The van der Waals surface area contributed by atoms with Crippen molar-refractivity contribution in [3.05, 3.63) is 11.1 Å². The van der Waals surface area contributed by atoms with E-state index in [-0.39, 0.29) is 0 Å². The number of ether oxygens (including phenoxy) is 1. The zero-order chi connectivity index (χ0) is 9.52. The lowest BCUT2D eigenvalue weighted by Gasteiger charge is -2.00. The second kappa shape index (κ2) is 5.51. The van der Waals surface area contributed by atoms with Crippen LogP contribution in [-0.2, 0) is 4.74 Å². The highest BCUT2D eigenvalue weighted by Gasteiger charge is 1.98. The Labute approximate surface area is 81.2 Å². The van der Waals surface area contributed by atoms with Gasteiger partial charge in [-0.2, -0.15) is 5.26 Å². The van der Waals surface area contributed by atoms with E-state index in [1.807, 2.05) is 6.07 Å². The second-order valence-corrected chi connectivity index (χ2v) is 3.45. The van der Waals surface area contributed by atoms with Gasteiger partial charge in [0.2, 0.25) is 0 Å². The number of nitriles is 1. The average molecular weight is 197 g/mol. The van der Waals surface area contributed by atoms with Crippen molar-refractivity contribution in [2.24, 2.45) is 0 Å². The fourth-order valence-corrected chi connectivity index (χ4v) is 1.46. The van der Waals surface area contributed by atoms with Crippen LogP contribution < -0.4 is 5.32 Å². The Hall–Kier alpha value is -1.12. The highest BCUT2D eigenvalue weighted by atomic mass is 32.1. The number of nitrogens with one attached hydrogen (secondary N) is 1. The van der Waals surface area contributed by atoms with E-state index >= 15 is 0 Å². The fourth-order valence-electron chi connectivity index (χ4n) is 0.819. The minimum atomic E-state index is 0.634. The van der Waals surface area contributed by atoms with Gasteiger partial charge in [0.05, 0.1) is 6.20 Å². The van der Waals surface area contributed by atoms with Gasteiger partial charge in [-0.1, -0.05) is 11.3 Å². The van der Waals surface area contributed by atoms with Gasteiger partial charge in [-0.05, 0) is 6.42 Å². The number of hydrogen-bond donors (Lipinski definition) is 1. The van der Waals surface area contributed by atoms with Crippen LogP contribution >= 0.6 is 11.3 Å². The Morgan fingerprint density at radius 2 is 2.62 bits per heavy atom. The molecule has 0 atom stereocenters. The smallest absolute Gasteiger partial charge is 0.183 e. The summed E-state index contributed by atoms with van der Waals surface area (Å²) in [6, 6.07) is 2.04. The van der Waals surface area contributed by atoms with Crippen LogP contribution in [0.2, 0.25) is 0 Å². The van der Waals surface area contributed by atoms with E-state index in [9.17, 15) is 0 Å². The SMILES string of the molecule is COCCCNc1ncc(C#N)s1. The van der Waals surface area contributed by atoms with Crippen LogP contribution in [0.25, 0.3) is 0 Å². The summed E-state index contributed by atoms with van der Waals surface area (Å²) >= 11 is 1.37. The Balaban J connectivity index is 2.25. The van der Waals surface area contributed by atoms with Gasteiger partial charge in [0, 0.05) is 20.3 Å². The number of aromatic nitrogens is 1. The van der Waals surface area contributed by atoms with Gasteiger partial charge in [0.25, 0.3) is 0 Å². The lowest BCUT2D eigenvalue weighted by molar-refractivity contribution is 0.198. The first-order valence-corrected chi connectivity index (χ1v) is 4.77. The quantitative estimate of drug-likeness (QED) is 0.726. The number of anilines is 1. The first kappa shape index (κ1) is 9.96. The van der Waals surface area contributed by atoms with E-state index in [1.165, 1.54) is 11.3 Å². The summed E-state index contributed by atoms with van der Waals surface area (Å²) in [4.78, 5) is 4.66. The molecular formula is C8H11N3OS. The summed E-state index contributed by atoms with van der Waals surface area (Å²) in [6.45, 7) is 1.57. The van der Waals surface area contributed by atoms with Crippen molar-refractivity contribution in [2.75, 3.05) is 25.6 Å².